The average molecular weight is 302 g/mol. The zero-order valence-corrected chi connectivity index (χ0v) is 11.4. The minimum absolute atomic E-state index is 0.0924. The second-order valence-corrected chi connectivity index (χ2v) is 4.48. The minimum atomic E-state index is -1.67. The molecule has 0 saturated carbocycles. The van der Waals surface area contributed by atoms with Crippen molar-refractivity contribution in [1.29, 1.82) is 0 Å². The van der Waals surface area contributed by atoms with E-state index < -0.39 is 12.2 Å². The third kappa shape index (κ3) is 2.57. The highest BCUT2D eigenvalue weighted by molar-refractivity contribution is 6.11. The number of rotatable bonds is 2. The van der Waals surface area contributed by atoms with Crippen LogP contribution in [0.15, 0.2) is 36.4 Å². The quantitative estimate of drug-likeness (QED) is 0.532. The molecule has 2 aromatic carbocycles. The Morgan fingerprint density at radius 2 is 1.36 bits per heavy atom. The van der Waals surface area contributed by atoms with Crippen molar-refractivity contribution >= 4 is 34.9 Å². The third-order valence-corrected chi connectivity index (χ3v) is 3.11. The van der Waals surface area contributed by atoms with Crippen molar-refractivity contribution in [3.8, 4) is 11.1 Å². The molecular formula is C14H14N4O4. The molecule has 0 aromatic heterocycles. The van der Waals surface area contributed by atoms with E-state index in [0.717, 1.165) is 5.56 Å². The number of nitrogens with zero attached hydrogens (tertiary/aromatic N) is 1. The fourth-order valence-electron chi connectivity index (χ4n) is 2.02. The predicted octanol–water partition coefficient (Wildman–Crippen LogP) is 2.26. The lowest BCUT2D eigenvalue weighted by molar-refractivity contribution is 0.184. The van der Waals surface area contributed by atoms with Gasteiger partial charge in [0.25, 0.3) is 0 Å². The number of carbonyl (C=O) groups is 2. The Kier molecular flexibility index (Phi) is 3.76. The van der Waals surface area contributed by atoms with E-state index in [2.05, 4.69) is 0 Å². The lowest BCUT2D eigenvalue weighted by Crippen LogP contribution is -2.35. The summed E-state index contributed by atoms with van der Waals surface area (Å²) in [6, 6.07) is 9.61. The molecular weight excluding hydrogens is 288 g/mol. The molecule has 8 heteroatoms. The Labute approximate surface area is 125 Å². The van der Waals surface area contributed by atoms with Gasteiger partial charge < -0.3 is 27.4 Å². The topological polar surface area (TPSA) is 156 Å². The first-order valence-corrected chi connectivity index (χ1v) is 6.12. The summed E-state index contributed by atoms with van der Waals surface area (Å²) >= 11 is 0. The Hall–Kier alpha value is -3.42. The maximum absolute atomic E-state index is 11.0. The first-order valence-electron chi connectivity index (χ1n) is 6.12. The first kappa shape index (κ1) is 15.0. The van der Waals surface area contributed by atoms with E-state index in [4.69, 9.17) is 27.4 Å². The monoisotopic (exact) mass is 302 g/mol. The van der Waals surface area contributed by atoms with Crippen LogP contribution in [0, 0.1) is 0 Å². The number of imide groups is 1. The van der Waals surface area contributed by atoms with Crippen LogP contribution < -0.4 is 22.1 Å². The zero-order valence-electron chi connectivity index (χ0n) is 11.4. The SMILES string of the molecule is Nc1ccc(-c2ccc(N(C(=O)O)C(=O)O)c(N)c2N)cc1. The lowest BCUT2D eigenvalue weighted by Gasteiger charge is -2.18. The van der Waals surface area contributed by atoms with E-state index in [0.29, 0.717) is 11.3 Å². The molecule has 0 atom stereocenters. The van der Waals surface area contributed by atoms with Crippen LogP contribution in [0.4, 0.5) is 32.3 Å². The zero-order chi connectivity index (χ0) is 16.4. The number of nitrogens with two attached hydrogens (primary N) is 3. The van der Waals surface area contributed by atoms with Gasteiger partial charge >= 0.3 is 12.2 Å². The number of hydrogen-bond donors (Lipinski definition) is 5. The molecule has 0 bridgehead atoms. The third-order valence-electron chi connectivity index (χ3n) is 3.11. The molecule has 0 heterocycles. The minimum Gasteiger partial charge on any atom is -0.464 e. The molecule has 0 saturated heterocycles. The van der Waals surface area contributed by atoms with Crippen molar-refractivity contribution in [2.75, 3.05) is 22.1 Å². The summed E-state index contributed by atoms with van der Waals surface area (Å²) in [5.74, 6) is 0. The summed E-state index contributed by atoms with van der Waals surface area (Å²) in [5.41, 5.74) is 19.0. The van der Waals surface area contributed by atoms with Crippen molar-refractivity contribution in [2.24, 2.45) is 0 Å². The number of carboxylic acid groups (broad SMARTS) is 2. The second kappa shape index (κ2) is 5.52. The number of nitrogen functional groups attached to an aromatic ring is 3. The van der Waals surface area contributed by atoms with Gasteiger partial charge in [-0.15, -0.1) is 0 Å². The normalized spacial score (nSPS) is 10.2. The number of amides is 2. The summed E-state index contributed by atoms with van der Waals surface area (Å²) in [5, 5.41) is 17.9. The van der Waals surface area contributed by atoms with Gasteiger partial charge in [-0.05, 0) is 23.8 Å². The van der Waals surface area contributed by atoms with Gasteiger partial charge in [-0.25, -0.2) is 9.59 Å². The van der Waals surface area contributed by atoms with E-state index in [1.165, 1.54) is 12.1 Å². The van der Waals surface area contributed by atoms with Gasteiger partial charge in [-0.2, -0.15) is 4.90 Å². The number of hydrogen-bond acceptors (Lipinski definition) is 5. The summed E-state index contributed by atoms with van der Waals surface area (Å²) in [7, 11) is 0. The van der Waals surface area contributed by atoms with Crippen LogP contribution in [0.1, 0.15) is 0 Å². The highest BCUT2D eigenvalue weighted by Crippen LogP contribution is 2.37. The summed E-state index contributed by atoms with van der Waals surface area (Å²) in [4.78, 5) is 22.2. The van der Waals surface area contributed by atoms with Crippen molar-refractivity contribution in [1.82, 2.24) is 0 Å². The Morgan fingerprint density at radius 3 is 1.86 bits per heavy atom. The molecule has 2 rings (SSSR count). The molecule has 0 fully saturated rings. The predicted molar refractivity (Wildman–Crippen MR) is 83.6 cm³/mol. The van der Waals surface area contributed by atoms with Crippen LogP contribution >= 0.6 is 0 Å². The Morgan fingerprint density at radius 1 is 0.818 bits per heavy atom. The van der Waals surface area contributed by atoms with Crippen molar-refractivity contribution in [2.45, 2.75) is 0 Å². The van der Waals surface area contributed by atoms with Gasteiger partial charge in [-0.1, -0.05) is 18.2 Å². The van der Waals surface area contributed by atoms with Gasteiger partial charge in [0.15, 0.2) is 0 Å². The highest BCUT2D eigenvalue weighted by Gasteiger charge is 2.25. The number of anilines is 4. The second-order valence-electron chi connectivity index (χ2n) is 4.48. The molecule has 2 amide bonds. The lowest BCUT2D eigenvalue weighted by atomic mass is 10.0. The molecule has 8 nitrogen and oxygen atoms in total. The fraction of sp³-hybridized carbons (Fsp3) is 0. The molecule has 114 valence electrons. The van der Waals surface area contributed by atoms with E-state index in [1.807, 2.05) is 0 Å². The first-order chi connectivity index (χ1) is 10.3. The average Bonchev–Trinajstić information content (AvgIpc) is 2.44. The van der Waals surface area contributed by atoms with Crippen LogP contribution in [0.5, 0.6) is 0 Å². The highest BCUT2D eigenvalue weighted by atomic mass is 16.4. The number of benzene rings is 2. The van der Waals surface area contributed by atoms with Gasteiger partial charge in [0, 0.05) is 11.3 Å². The largest absolute Gasteiger partial charge is 0.464 e. The van der Waals surface area contributed by atoms with Crippen LogP contribution in [-0.4, -0.2) is 22.4 Å². The van der Waals surface area contributed by atoms with Crippen LogP contribution in [-0.2, 0) is 0 Å². The van der Waals surface area contributed by atoms with Crippen molar-refractivity contribution in [3.05, 3.63) is 36.4 Å². The van der Waals surface area contributed by atoms with Gasteiger partial charge in [0.05, 0.1) is 17.1 Å². The van der Waals surface area contributed by atoms with Crippen LogP contribution in [0.2, 0.25) is 0 Å². The molecule has 0 unspecified atom stereocenters. The standard InChI is InChI=1S/C14H14N4O4/c15-8-3-1-7(2-4-8)9-5-6-10(12(17)11(9)16)18(13(19)20)14(21)22/h1-6H,15-17H2,(H,19,20)(H,21,22). The molecule has 0 spiro atoms. The fourth-order valence-corrected chi connectivity index (χ4v) is 2.02. The molecule has 0 aliphatic carbocycles. The van der Waals surface area contributed by atoms with E-state index in [1.54, 1.807) is 24.3 Å². The van der Waals surface area contributed by atoms with E-state index in [-0.39, 0.29) is 22.0 Å². The summed E-state index contributed by atoms with van der Waals surface area (Å²) < 4.78 is 0. The molecule has 8 N–H and O–H groups in total. The summed E-state index contributed by atoms with van der Waals surface area (Å²) in [6.07, 6.45) is -3.34. The van der Waals surface area contributed by atoms with Crippen molar-refractivity contribution in [3.63, 3.8) is 0 Å². The maximum atomic E-state index is 11.0. The summed E-state index contributed by atoms with van der Waals surface area (Å²) in [6.45, 7) is 0. The van der Waals surface area contributed by atoms with Gasteiger partial charge in [-0.3, -0.25) is 0 Å². The van der Waals surface area contributed by atoms with Gasteiger partial charge in [0.1, 0.15) is 0 Å². The molecule has 2 aromatic rings. The molecule has 0 radical (unpaired) electrons. The van der Waals surface area contributed by atoms with E-state index in [9.17, 15) is 9.59 Å². The van der Waals surface area contributed by atoms with Crippen LogP contribution in [0.3, 0.4) is 0 Å². The maximum Gasteiger partial charge on any atom is 0.421 e. The molecule has 0 aliphatic rings. The van der Waals surface area contributed by atoms with Crippen LogP contribution in [0.25, 0.3) is 11.1 Å². The Balaban J connectivity index is 2.56. The van der Waals surface area contributed by atoms with Gasteiger partial charge in [0.2, 0.25) is 0 Å². The van der Waals surface area contributed by atoms with E-state index >= 15 is 0 Å². The Bertz CT molecular complexity index is 729. The molecule has 0 aliphatic heterocycles. The van der Waals surface area contributed by atoms with Crippen molar-refractivity contribution < 1.29 is 19.8 Å². The molecule has 22 heavy (non-hydrogen) atoms. The smallest absolute Gasteiger partial charge is 0.421 e.